The monoisotopic (exact) mass is 200 g/mol. The molecule has 0 nitrogen and oxygen atoms in total. The lowest BCUT2D eigenvalue weighted by molar-refractivity contribution is 1.46. The van der Waals surface area contributed by atoms with Gasteiger partial charge >= 0.3 is 0 Å². The third-order valence-electron chi connectivity index (χ3n) is 2.19. The predicted octanol–water partition coefficient (Wildman–Crippen LogP) is 4.37. The van der Waals surface area contributed by atoms with Crippen LogP contribution in [0.15, 0.2) is 41.6 Å². The van der Waals surface area contributed by atoms with Gasteiger partial charge in [0.25, 0.3) is 0 Å². The average molecular weight is 200 g/mol. The fourth-order valence-corrected chi connectivity index (χ4v) is 2.19. The van der Waals surface area contributed by atoms with Crippen LogP contribution in [-0.2, 0) is 0 Å². The van der Waals surface area contributed by atoms with Crippen molar-refractivity contribution in [1.29, 1.82) is 0 Å². The molecule has 0 bridgehead atoms. The zero-order valence-electron chi connectivity index (χ0n) is 8.16. The molecule has 0 aliphatic rings. The highest BCUT2D eigenvalue weighted by Gasteiger charge is 1.99. The lowest BCUT2D eigenvalue weighted by Crippen LogP contribution is -1.80. The Labute approximate surface area is 88.5 Å². The largest absolute Gasteiger partial charge is 0.152 e. The summed E-state index contributed by atoms with van der Waals surface area (Å²) in [4.78, 5) is 0. The van der Waals surface area contributed by atoms with Crippen LogP contribution in [0.2, 0.25) is 0 Å². The molecule has 0 amide bonds. The van der Waals surface area contributed by atoms with E-state index in [-0.39, 0.29) is 0 Å². The molecule has 0 aliphatic carbocycles. The van der Waals surface area contributed by atoms with E-state index in [9.17, 15) is 0 Å². The molecule has 2 aromatic rings. The lowest BCUT2D eigenvalue weighted by atomic mass is 10.0. The normalized spacial score (nSPS) is 10.1. The molecular formula is C13H12S. The highest BCUT2D eigenvalue weighted by atomic mass is 32.1. The van der Waals surface area contributed by atoms with E-state index in [4.69, 9.17) is 0 Å². The molecule has 0 fully saturated rings. The summed E-state index contributed by atoms with van der Waals surface area (Å²) in [5, 5.41) is 4.27. The van der Waals surface area contributed by atoms with Crippen LogP contribution in [0, 0.1) is 6.92 Å². The summed E-state index contributed by atoms with van der Waals surface area (Å²) in [6.07, 6.45) is 1.89. The standard InChI is InChI=1S/C13H12S/c1-3-11-6-10(2)7-13(8-11)12-4-5-14-9-12/h3-9H,1H2,2H3. The van der Waals surface area contributed by atoms with E-state index >= 15 is 0 Å². The van der Waals surface area contributed by atoms with Gasteiger partial charge in [0.15, 0.2) is 0 Å². The Morgan fingerprint density at radius 2 is 2.07 bits per heavy atom. The van der Waals surface area contributed by atoms with Gasteiger partial charge in [-0.25, -0.2) is 0 Å². The van der Waals surface area contributed by atoms with Crippen LogP contribution >= 0.6 is 11.3 Å². The van der Waals surface area contributed by atoms with Crippen LogP contribution in [-0.4, -0.2) is 0 Å². The molecule has 70 valence electrons. The first kappa shape index (κ1) is 9.22. The second-order valence-corrected chi connectivity index (χ2v) is 4.13. The fourth-order valence-electron chi connectivity index (χ4n) is 1.53. The summed E-state index contributed by atoms with van der Waals surface area (Å²) in [6.45, 7) is 5.91. The van der Waals surface area contributed by atoms with E-state index < -0.39 is 0 Å². The van der Waals surface area contributed by atoms with Crippen LogP contribution < -0.4 is 0 Å². The second-order valence-electron chi connectivity index (χ2n) is 3.35. The molecule has 0 unspecified atom stereocenters. The number of benzene rings is 1. The zero-order valence-corrected chi connectivity index (χ0v) is 8.97. The maximum absolute atomic E-state index is 3.80. The molecule has 0 atom stereocenters. The topological polar surface area (TPSA) is 0 Å². The van der Waals surface area contributed by atoms with Crippen LogP contribution in [0.4, 0.5) is 0 Å². The van der Waals surface area contributed by atoms with E-state index in [1.165, 1.54) is 22.3 Å². The van der Waals surface area contributed by atoms with Gasteiger partial charge in [0.2, 0.25) is 0 Å². The Kier molecular flexibility index (Phi) is 2.51. The first-order chi connectivity index (χ1) is 6.79. The fraction of sp³-hybridized carbons (Fsp3) is 0.0769. The van der Waals surface area contributed by atoms with E-state index in [0.717, 1.165) is 0 Å². The Balaban J connectivity index is 2.54. The first-order valence-corrected chi connectivity index (χ1v) is 5.50. The summed E-state index contributed by atoms with van der Waals surface area (Å²) >= 11 is 1.73. The van der Waals surface area contributed by atoms with E-state index in [0.29, 0.717) is 0 Å². The molecule has 2 rings (SSSR count). The Hall–Kier alpha value is -1.34. The van der Waals surface area contributed by atoms with Gasteiger partial charge in [-0.2, -0.15) is 11.3 Å². The molecule has 1 aromatic carbocycles. The summed E-state index contributed by atoms with van der Waals surface area (Å²) in [5.41, 5.74) is 5.04. The van der Waals surface area contributed by atoms with Crippen LogP contribution in [0.3, 0.4) is 0 Å². The van der Waals surface area contributed by atoms with Crippen molar-refractivity contribution >= 4 is 17.4 Å². The maximum atomic E-state index is 3.80. The number of hydrogen-bond donors (Lipinski definition) is 0. The molecule has 1 aromatic heterocycles. The van der Waals surface area contributed by atoms with Gasteiger partial charge in [-0.15, -0.1) is 0 Å². The van der Waals surface area contributed by atoms with Gasteiger partial charge in [-0.3, -0.25) is 0 Å². The van der Waals surface area contributed by atoms with E-state index in [1.807, 2.05) is 6.08 Å². The molecule has 0 saturated carbocycles. The Morgan fingerprint density at radius 1 is 1.21 bits per heavy atom. The molecule has 0 saturated heterocycles. The highest BCUT2D eigenvalue weighted by molar-refractivity contribution is 7.08. The SMILES string of the molecule is C=Cc1cc(C)cc(-c2ccsc2)c1. The van der Waals surface area contributed by atoms with E-state index in [2.05, 4.69) is 48.5 Å². The predicted molar refractivity (Wildman–Crippen MR) is 64.6 cm³/mol. The highest BCUT2D eigenvalue weighted by Crippen LogP contribution is 2.24. The van der Waals surface area contributed by atoms with Crippen molar-refractivity contribution in [2.75, 3.05) is 0 Å². The summed E-state index contributed by atoms with van der Waals surface area (Å²) in [5.74, 6) is 0. The van der Waals surface area contributed by atoms with Crippen molar-refractivity contribution in [1.82, 2.24) is 0 Å². The molecule has 0 N–H and O–H groups in total. The van der Waals surface area contributed by atoms with Crippen molar-refractivity contribution in [3.63, 3.8) is 0 Å². The smallest absolute Gasteiger partial charge is 0.00147 e. The Bertz CT molecular complexity index is 438. The summed E-state index contributed by atoms with van der Waals surface area (Å²) < 4.78 is 0. The third-order valence-corrected chi connectivity index (χ3v) is 2.87. The number of hydrogen-bond acceptors (Lipinski definition) is 1. The van der Waals surface area contributed by atoms with E-state index in [1.54, 1.807) is 11.3 Å². The molecule has 1 heteroatoms. The first-order valence-electron chi connectivity index (χ1n) is 4.56. The van der Waals surface area contributed by atoms with Gasteiger partial charge in [0, 0.05) is 0 Å². The quantitative estimate of drug-likeness (QED) is 0.675. The minimum atomic E-state index is 1.19. The zero-order chi connectivity index (χ0) is 9.97. The molecule has 1 heterocycles. The van der Waals surface area contributed by atoms with Crippen molar-refractivity contribution in [2.45, 2.75) is 6.92 Å². The molecule has 0 spiro atoms. The van der Waals surface area contributed by atoms with Crippen molar-refractivity contribution < 1.29 is 0 Å². The minimum absolute atomic E-state index is 1.19. The van der Waals surface area contributed by atoms with Gasteiger partial charge in [0.05, 0.1) is 0 Å². The van der Waals surface area contributed by atoms with Crippen LogP contribution in [0.5, 0.6) is 0 Å². The summed E-state index contributed by atoms with van der Waals surface area (Å²) in [7, 11) is 0. The van der Waals surface area contributed by atoms with Crippen molar-refractivity contribution in [2.24, 2.45) is 0 Å². The second kappa shape index (κ2) is 3.81. The van der Waals surface area contributed by atoms with Gasteiger partial charge in [-0.1, -0.05) is 24.8 Å². The number of rotatable bonds is 2. The van der Waals surface area contributed by atoms with Crippen molar-refractivity contribution in [3.05, 3.63) is 52.7 Å². The third kappa shape index (κ3) is 1.78. The average Bonchev–Trinajstić information content (AvgIpc) is 2.69. The molecule has 0 radical (unpaired) electrons. The molecule has 14 heavy (non-hydrogen) atoms. The number of thiophene rings is 1. The van der Waals surface area contributed by atoms with Crippen molar-refractivity contribution in [3.8, 4) is 11.1 Å². The number of aryl methyl sites for hydroxylation is 1. The lowest BCUT2D eigenvalue weighted by Gasteiger charge is -2.02. The van der Waals surface area contributed by atoms with Crippen LogP contribution in [0.25, 0.3) is 17.2 Å². The maximum Gasteiger partial charge on any atom is -0.00147 e. The van der Waals surface area contributed by atoms with Gasteiger partial charge in [0.1, 0.15) is 0 Å². The van der Waals surface area contributed by atoms with Gasteiger partial charge < -0.3 is 0 Å². The van der Waals surface area contributed by atoms with Gasteiger partial charge in [-0.05, 0) is 52.1 Å². The molecular weight excluding hydrogens is 188 g/mol. The minimum Gasteiger partial charge on any atom is -0.152 e. The molecule has 0 aliphatic heterocycles. The Morgan fingerprint density at radius 3 is 2.71 bits per heavy atom. The summed E-state index contributed by atoms with van der Waals surface area (Å²) in [6, 6.07) is 8.66. The van der Waals surface area contributed by atoms with Crippen LogP contribution in [0.1, 0.15) is 11.1 Å².